The second kappa shape index (κ2) is 4.85. The molecule has 0 spiro atoms. The summed E-state index contributed by atoms with van der Waals surface area (Å²) in [4.78, 5) is 11.8. The number of benzene rings is 1. The van der Waals surface area contributed by atoms with Crippen molar-refractivity contribution in [2.75, 3.05) is 6.61 Å². The summed E-state index contributed by atoms with van der Waals surface area (Å²) >= 11 is 0. The van der Waals surface area contributed by atoms with Gasteiger partial charge < -0.3 is 15.2 Å². The quantitative estimate of drug-likeness (QED) is 0.872. The van der Waals surface area contributed by atoms with Gasteiger partial charge >= 0.3 is 6.09 Å². The number of aliphatic hydroxyl groups excluding tert-OH is 1. The van der Waals surface area contributed by atoms with E-state index in [1.165, 1.54) is 0 Å². The van der Waals surface area contributed by atoms with Gasteiger partial charge in [-0.25, -0.2) is 4.79 Å². The number of fused-ring (bicyclic) bond motifs is 1. The molecule has 1 aromatic rings. The first-order valence-electron chi connectivity index (χ1n) is 6.83. The molecule has 3 rings (SSSR count). The normalized spacial score (nSPS) is 31.6. The number of rotatable bonds is 4. The lowest BCUT2D eigenvalue weighted by atomic mass is 9.99. The van der Waals surface area contributed by atoms with Gasteiger partial charge in [0.25, 0.3) is 0 Å². The minimum Gasteiger partial charge on any atom is -0.445 e. The molecule has 1 amide bonds. The van der Waals surface area contributed by atoms with E-state index in [-0.39, 0.29) is 30.8 Å². The number of nitrogens with one attached hydrogen (secondary N) is 1. The number of carbonyl (C=O) groups is 1. The van der Waals surface area contributed by atoms with E-state index >= 15 is 0 Å². The molecule has 2 fully saturated rings. The van der Waals surface area contributed by atoms with Crippen LogP contribution in [0.1, 0.15) is 24.8 Å². The van der Waals surface area contributed by atoms with E-state index in [0.29, 0.717) is 5.92 Å². The molecule has 2 N–H and O–H groups in total. The van der Waals surface area contributed by atoms with Gasteiger partial charge in [-0.1, -0.05) is 30.3 Å². The molecule has 19 heavy (non-hydrogen) atoms. The highest BCUT2D eigenvalue weighted by Crippen LogP contribution is 2.63. The highest BCUT2D eigenvalue weighted by molar-refractivity contribution is 5.68. The van der Waals surface area contributed by atoms with E-state index < -0.39 is 0 Å². The molecule has 3 atom stereocenters. The first-order valence-corrected chi connectivity index (χ1v) is 6.83. The summed E-state index contributed by atoms with van der Waals surface area (Å²) in [5.41, 5.74) is 0.927. The SMILES string of the molecule is O=C(NC1CCC2CC21CO)OCc1ccccc1. The molecular weight excluding hydrogens is 242 g/mol. The van der Waals surface area contributed by atoms with Crippen molar-refractivity contribution in [2.24, 2.45) is 11.3 Å². The Morgan fingerprint density at radius 2 is 2.16 bits per heavy atom. The summed E-state index contributed by atoms with van der Waals surface area (Å²) in [5, 5.41) is 12.4. The largest absolute Gasteiger partial charge is 0.445 e. The number of aliphatic hydroxyl groups is 1. The molecule has 0 bridgehead atoms. The minimum atomic E-state index is -0.380. The highest BCUT2D eigenvalue weighted by atomic mass is 16.5. The topological polar surface area (TPSA) is 58.6 Å². The van der Waals surface area contributed by atoms with Gasteiger partial charge in [-0.3, -0.25) is 0 Å². The molecular formula is C15H19NO3. The van der Waals surface area contributed by atoms with Crippen molar-refractivity contribution in [2.45, 2.75) is 31.9 Å². The van der Waals surface area contributed by atoms with Crippen molar-refractivity contribution in [3.05, 3.63) is 35.9 Å². The van der Waals surface area contributed by atoms with Crippen LogP contribution in [0.15, 0.2) is 30.3 Å². The fraction of sp³-hybridized carbons (Fsp3) is 0.533. The van der Waals surface area contributed by atoms with E-state index in [9.17, 15) is 9.90 Å². The first-order chi connectivity index (χ1) is 9.24. The molecule has 0 saturated heterocycles. The van der Waals surface area contributed by atoms with Gasteiger partial charge in [0.15, 0.2) is 0 Å². The Labute approximate surface area is 112 Å². The van der Waals surface area contributed by atoms with Crippen molar-refractivity contribution in [3.8, 4) is 0 Å². The van der Waals surface area contributed by atoms with Gasteiger partial charge in [0, 0.05) is 11.5 Å². The van der Waals surface area contributed by atoms with Crippen LogP contribution in [0.3, 0.4) is 0 Å². The van der Waals surface area contributed by atoms with Gasteiger partial charge in [0.2, 0.25) is 0 Å². The van der Waals surface area contributed by atoms with Gasteiger partial charge in [-0.05, 0) is 30.7 Å². The van der Waals surface area contributed by atoms with E-state index in [1.807, 2.05) is 30.3 Å². The van der Waals surface area contributed by atoms with E-state index in [4.69, 9.17) is 4.74 Å². The fourth-order valence-electron chi connectivity index (χ4n) is 3.30. The predicted molar refractivity (Wildman–Crippen MR) is 70.4 cm³/mol. The Kier molecular flexibility index (Phi) is 3.19. The van der Waals surface area contributed by atoms with Crippen LogP contribution in [0.4, 0.5) is 4.79 Å². The maximum atomic E-state index is 11.8. The van der Waals surface area contributed by atoms with Gasteiger partial charge in [-0.15, -0.1) is 0 Å². The van der Waals surface area contributed by atoms with E-state index in [2.05, 4.69) is 5.32 Å². The second-order valence-corrected chi connectivity index (χ2v) is 5.63. The average molecular weight is 261 g/mol. The molecule has 3 unspecified atom stereocenters. The molecule has 0 aliphatic heterocycles. The lowest BCUT2D eigenvalue weighted by Crippen LogP contribution is -2.41. The van der Waals surface area contributed by atoms with E-state index in [1.54, 1.807) is 0 Å². The molecule has 0 heterocycles. The molecule has 0 radical (unpaired) electrons. The number of alkyl carbamates (subject to hydrolysis) is 1. The van der Waals surface area contributed by atoms with Crippen molar-refractivity contribution in [3.63, 3.8) is 0 Å². The van der Waals surface area contributed by atoms with Crippen LogP contribution in [0, 0.1) is 11.3 Å². The van der Waals surface area contributed by atoms with Crippen LogP contribution < -0.4 is 5.32 Å². The molecule has 4 heteroatoms. The summed E-state index contributed by atoms with van der Waals surface area (Å²) in [6, 6.07) is 9.70. The summed E-state index contributed by atoms with van der Waals surface area (Å²) in [6.45, 7) is 0.455. The minimum absolute atomic E-state index is 0.0498. The van der Waals surface area contributed by atoms with Crippen LogP contribution in [0.2, 0.25) is 0 Å². The Hall–Kier alpha value is -1.55. The van der Waals surface area contributed by atoms with Crippen molar-refractivity contribution >= 4 is 6.09 Å². The first kappa shape index (κ1) is 12.5. The molecule has 2 aliphatic rings. The average Bonchev–Trinajstić information content (AvgIpc) is 3.08. The molecule has 2 saturated carbocycles. The zero-order chi connectivity index (χ0) is 13.3. The second-order valence-electron chi connectivity index (χ2n) is 5.63. The van der Waals surface area contributed by atoms with Crippen LogP contribution in [0.5, 0.6) is 0 Å². The summed E-state index contributed by atoms with van der Waals surface area (Å²) in [5.74, 6) is 0.594. The predicted octanol–water partition coefficient (Wildman–Crippen LogP) is 2.07. The van der Waals surface area contributed by atoms with Gasteiger partial charge in [0.1, 0.15) is 6.61 Å². The molecule has 102 valence electrons. The van der Waals surface area contributed by atoms with Crippen molar-refractivity contribution in [1.29, 1.82) is 0 Å². The number of ether oxygens (including phenoxy) is 1. The van der Waals surface area contributed by atoms with Crippen LogP contribution in [-0.2, 0) is 11.3 Å². The third-order valence-electron chi connectivity index (χ3n) is 4.58. The van der Waals surface area contributed by atoms with Crippen molar-refractivity contribution in [1.82, 2.24) is 5.32 Å². The fourth-order valence-corrected chi connectivity index (χ4v) is 3.30. The number of amides is 1. The summed E-state index contributed by atoms with van der Waals surface area (Å²) in [7, 11) is 0. The number of hydrogen-bond acceptors (Lipinski definition) is 3. The zero-order valence-corrected chi connectivity index (χ0v) is 10.8. The van der Waals surface area contributed by atoms with Gasteiger partial charge in [0.05, 0.1) is 6.61 Å². The zero-order valence-electron chi connectivity index (χ0n) is 10.8. The standard InChI is InChI=1S/C15H19NO3/c17-10-15-8-12(15)6-7-13(15)16-14(18)19-9-11-4-2-1-3-5-11/h1-5,12-13,17H,6-10H2,(H,16,18). The number of hydrogen-bond donors (Lipinski definition) is 2. The van der Waals surface area contributed by atoms with E-state index in [0.717, 1.165) is 24.8 Å². The maximum Gasteiger partial charge on any atom is 0.407 e. The van der Waals surface area contributed by atoms with Crippen molar-refractivity contribution < 1.29 is 14.6 Å². The van der Waals surface area contributed by atoms with Crippen LogP contribution in [0.25, 0.3) is 0 Å². The monoisotopic (exact) mass is 261 g/mol. The maximum absolute atomic E-state index is 11.8. The lowest BCUT2D eigenvalue weighted by molar-refractivity contribution is 0.122. The summed E-state index contributed by atoms with van der Waals surface area (Å²) < 4.78 is 5.21. The molecule has 2 aliphatic carbocycles. The third-order valence-corrected chi connectivity index (χ3v) is 4.58. The lowest BCUT2D eigenvalue weighted by Gasteiger charge is -2.22. The highest BCUT2D eigenvalue weighted by Gasteiger charge is 2.62. The third kappa shape index (κ3) is 2.32. The number of carbonyl (C=O) groups excluding carboxylic acids is 1. The molecule has 1 aromatic carbocycles. The Balaban J connectivity index is 1.49. The Morgan fingerprint density at radius 3 is 2.84 bits per heavy atom. The Morgan fingerprint density at radius 1 is 1.37 bits per heavy atom. The molecule has 4 nitrogen and oxygen atoms in total. The smallest absolute Gasteiger partial charge is 0.407 e. The van der Waals surface area contributed by atoms with Crippen LogP contribution >= 0.6 is 0 Å². The van der Waals surface area contributed by atoms with Crippen LogP contribution in [-0.4, -0.2) is 23.8 Å². The Bertz CT molecular complexity index is 458. The van der Waals surface area contributed by atoms with Gasteiger partial charge in [-0.2, -0.15) is 0 Å². The summed E-state index contributed by atoms with van der Waals surface area (Å²) in [6.07, 6.45) is 2.71. The molecule has 0 aromatic heterocycles.